The standard InChI is InChI=1S/C13H18N4O2/c1-8-7-12(16-19-8)14-13(18)6-5-11-9(2)15-17(4)10(11)3/h7H,5-6H2,1-4H3,(H,14,16,18). The van der Waals surface area contributed by atoms with E-state index in [-0.39, 0.29) is 5.91 Å². The van der Waals surface area contributed by atoms with Crippen molar-refractivity contribution in [2.75, 3.05) is 5.32 Å². The molecule has 0 fully saturated rings. The predicted molar refractivity (Wildman–Crippen MR) is 70.9 cm³/mol. The van der Waals surface area contributed by atoms with Crippen LogP contribution < -0.4 is 5.32 Å². The maximum Gasteiger partial charge on any atom is 0.225 e. The molecule has 2 aromatic heterocycles. The van der Waals surface area contributed by atoms with E-state index in [1.165, 1.54) is 0 Å². The second kappa shape index (κ2) is 5.26. The van der Waals surface area contributed by atoms with Crippen molar-refractivity contribution in [1.29, 1.82) is 0 Å². The molecule has 2 rings (SSSR count). The average molecular weight is 262 g/mol. The highest BCUT2D eigenvalue weighted by Gasteiger charge is 2.12. The summed E-state index contributed by atoms with van der Waals surface area (Å²) in [5.41, 5.74) is 3.21. The Bertz CT molecular complexity index is 598. The van der Waals surface area contributed by atoms with Gasteiger partial charge >= 0.3 is 0 Å². The molecule has 0 aliphatic heterocycles. The van der Waals surface area contributed by atoms with Crippen LogP contribution in [0.5, 0.6) is 0 Å². The molecule has 1 N–H and O–H groups in total. The number of nitrogens with zero attached hydrogens (tertiary/aromatic N) is 3. The number of nitrogens with one attached hydrogen (secondary N) is 1. The van der Waals surface area contributed by atoms with E-state index in [9.17, 15) is 4.79 Å². The van der Waals surface area contributed by atoms with Crippen molar-refractivity contribution in [3.05, 3.63) is 28.8 Å². The highest BCUT2D eigenvalue weighted by atomic mass is 16.5. The fraction of sp³-hybridized carbons (Fsp3) is 0.462. The summed E-state index contributed by atoms with van der Waals surface area (Å²) in [4.78, 5) is 11.8. The second-order valence-corrected chi connectivity index (χ2v) is 4.64. The van der Waals surface area contributed by atoms with Crippen molar-refractivity contribution in [3.63, 3.8) is 0 Å². The van der Waals surface area contributed by atoms with Crippen LogP contribution in [0.4, 0.5) is 5.82 Å². The Morgan fingerprint density at radius 1 is 1.42 bits per heavy atom. The summed E-state index contributed by atoms with van der Waals surface area (Å²) in [5, 5.41) is 10.8. The lowest BCUT2D eigenvalue weighted by molar-refractivity contribution is -0.116. The molecule has 0 aliphatic carbocycles. The minimum atomic E-state index is -0.0732. The van der Waals surface area contributed by atoms with Crippen molar-refractivity contribution in [3.8, 4) is 0 Å². The first-order valence-electron chi connectivity index (χ1n) is 6.19. The molecule has 0 saturated carbocycles. The Morgan fingerprint density at radius 3 is 2.68 bits per heavy atom. The van der Waals surface area contributed by atoms with Gasteiger partial charge in [0.15, 0.2) is 5.82 Å². The Kier molecular flexibility index (Phi) is 3.69. The summed E-state index contributed by atoms with van der Waals surface area (Å²) in [6.07, 6.45) is 1.08. The lowest BCUT2D eigenvalue weighted by Gasteiger charge is -2.02. The molecule has 0 bridgehead atoms. The molecule has 0 unspecified atom stereocenters. The highest BCUT2D eigenvalue weighted by molar-refractivity contribution is 5.89. The number of hydrogen-bond donors (Lipinski definition) is 1. The van der Waals surface area contributed by atoms with Gasteiger partial charge < -0.3 is 9.84 Å². The molecule has 0 aromatic carbocycles. The normalized spacial score (nSPS) is 10.7. The zero-order valence-electron chi connectivity index (χ0n) is 11.6. The quantitative estimate of drug-likeness (QED) is 0.913. The van der Waals surface area contributed by atoms with Crippen LogP contribution in [0.3, 0.4) is 0 Å². The Morgan fingerprint density at radius 2 is 2.16 bits per heavy atom. The molecule has 6 nitrogen and oxygen atoms in total. The maximum atomic E-state index is 11.8. The SMILES string of the molecule is Cc1cc(NC(=O)CCc2c(C)nn(C)c2C)no1. The van der Waals surface area contributed by atoms with Gasteiger partial charge in [-0.05, 0) is 32.8 Å². The summed E-state index contributed by atoms with van der Waals surface area (Å²) < 4.78 is 6.73. The minimum Gasteiger partial charge on any atom is -0.360 e. The fourth-order valence-corrected chi connectivity index (χ4v) is 2.05. The summed E-state index contributed by atoms with van der Waals surface area (Å²) in [6.45, 7) is 5.75. The first-order valence-corrected chi connectivity index (χ1v) is 6.19. The van der Waals surface area contributed by atoms with Gasteiger partial charge in [-0.1, -0.05) is 5.16 Å². The molecule has 0 atom stereocenters. The number of hydrogen-bond acceptors (Lipinski definition) is 4. The first kappa shape index (κ1) is 13.3. The molecular formula is C13H18N4O2. The molecular weight excluding hydrogens is 244 g/mol. The topological polar surface area (TPSA) is 73.0 Å². The van der Waals surface area contributed by atoms with Gasteiger partial charge in [-0.15, -0.1) is 0 Å². The molecule has 1 amide bonds. The second-order valence-electron chi connectivity index (χ2n) is 4.64. The van der Waals surface area contributed by atoms with E-state index in [2.05, 4.69) is 15.6 Å². The molecule has 0 aliphatic rings. The van der Waals surface area contributed by atoms with Crippen LogP contribution in [-0.2, 0) is 18.3 Å². The maximum absolute atomic E-state index is 11.8. The first-order chi connectivity index (χ1) is 8.97. The van der Waals surface area contributed by atoms with Gasteiger partial charge in [-0.25, -0.2) is 0 Å². The van der Waals surface area contributed by atoms with Crippen LogP contribution in [0.2, 0.25) is 0 Å². The number of carbonyl (C=O) groups excluding carboxylic acids is 1. The third-order valence-electron chi connectivity index (χ3n) is 3.16. The molecule has 102 valence electrons. The van der Waals surface area contributed by atoms with Crippen LogP contribution in [0.15, 0.2) is 10.6 Å². The van der Waals surface area contributed by atoms with Crippen LogP contribution >= 0.6 is 0 Å². The van der Waals surface area contributed by atoms with E-state index in [1.807, 2.05) is 25.6 Å². The van der Waals surface area contributed by atoms with Gasteiger partial charge in [0.2, 0.25) is 5.91 Å². The summed E-state index contributed by atoms with van der Waals surface area (Å²) in [7, 11) is 1.91. The largest absolute Gasteiger partial charge is 0.360 e. The van der Waals surface area contributed by atoms with Crippen molar-refractivity contribution in [2.24, 2.45) is 7.05 Å². The van der Waals surface area contributed by atoms with E-state index >= 15 is 0 Å². The molecule has 0 spiro atoms. The van der Waals surface area contributed by atoms with Crippen molar-refractivity contribution in [1.82, 2.24) is 14.9 Å². The lowest BCUT2D eigenvalue weighted by Crippen LogP contribution is -2.12. The monoisotopic (exact) mass is 262 g/mol. The number of carbonyl (C=O) groups is 1. The number of amides is 1. The van der Waals surface area contributed by atoms with E-state index in [0.717, 1.165) is 17.0 Å². The average Bonchev–Trinajstić information content (AvgIpc) is 2.83. The van der Waals surface area contributed by atoms with Crippen LogP contribution in [0, 0.1) is 20.8 Å². The molecule has 2 heterocycles. The van der Waals surface area contributed by atoms with Crippen molar-refractivity contribution < 1.29 is 9.32 Å². The van der Waals surface area contributed by atoms with Gasteiger partial charge in [0.25, 0.3) is 0 Å². The lowest BCUT2D eigenvalue weighted by atomic mass is 10.1. The fourth-order valence-electron chi connectivity index (χ4n) is 2.05. The van der Waals surface area contributed by atoms with Gasteiger partial charge in [-0.3, -0.25) is 9.48 Å². The van der Waals surface area contributed by atoms with Crippen molar-refractivity contribution >= 4 is 11.7 Å². The van der Waals surface area contributed by atoms with Crippen LogP contribution in [0.1, 0.15) is 29.1 Å². The van der Waals surface area contributed by atoms with Gasteiger partial charge in [0.1, 0.15) is 5.76 Å². The van der Waals surface area contributed by atoms with Gasteiger partial charge in [0, 0.05) is 25.2 Å². The van der Waals surface area contributed by atoms with E-state index < -0.39 is 0 Å². The molecule has 6 heteroatoms. The highest BCUT2D eigenvalue weighted by Crippen LogP contribution is 2.15. The zero-order chi connectivity index (χ0) is 14.0. The summed E-state index contributed by atoms with van der Waals surface area (Å²) >= 11 is 0. The third-order valence-corrected chi connectivity index (χ3v) is 3.16. The Balaban J connectivity index is 1.93. The van der Waals surface area contributed by atoms with E-state index in [0.29, 0.717) is 24.4 Å². The van der Waals surface area contributed by atoms with E-state index in [1.54, 1.807) is 13.0 Å². The Labute approximate surface area is 111 Å². The molecule has 0 saturated heterocycles. The molecule has 0 radical (unpaired) electrons. The number of aromatic nitrogens is 3. The van der Waals surface area contributed by atoms with Crippen LogP contribution in [-0.4, -0.2) is 20.8 Å². The molecule has 2 aromatic rings. The summed E-state index contributed by atoms with van der Waals surface area (Å²) in [6, 6.07) is 1.69. The number of rotatable bonds is 4. The van der Waals surface area contributed by atoms with Crippen LogP contribution in [0.25, 0.3) is 0 Å². The molecule has 19 heavy (non-hydrogen) atoms. The van der Waals surface area contributed by atoms with Gasteiger partial charge in [-0.2, -0.15) is 5.10 Å². The summed E-state index contributed by atoms with van der Waals surface area (Å²) in [5.74, 6) is 1.06. The zero-order valence-corrected chi connectivity index (χ0v) is 11.6. The number of aryl methyl sites for hydroxylation is 3. The van der Waals surface area contributed by atoms with Crippen molar-refractivity contribution in [2.45, 2.75) is 33.6 Å². The third kappa shape index (κ3) is 3.01. The predicted octanol–water partition coefficient (Wildman–Crippen LogP) is 1.90. The smallest absolute Gasteiger partial charge is 0.225 e. The number of anilines is 1. The Hall–Kier alpha value is -2.11. The minimum absolute atomic E-state index is 0.0732. The van der Waals surface area contributed by atoms with Gasteiger partial charge in [0.05, 0.1) is 5.69 Å². The van der Waals surface area contributed by atoms with E-state index in [4.69, 9.17) is 4.52 Å².